The van der Waals surface area contributed by atoms with Crippen molar-refractivity contribution in [3.8, 4) is 0 Å². The number of fused-ring (bicyclic) bond motifs is 1. The van der Waals surface area contributed by atoms with Gasteiger partial charge in [-0.3, -0.25) is 4.79 Å². The molecular weight excluding hydrogens is 210 g/mol. The highest BCUT2D eigenvalue weighted by molar-refractivity contribution is 5.88. The number of rotatable bonds is 2. The maximum Gasteiger partial charge on any atom is 0.358 e. The number of nitrogens with zero attached hydrogens (tertiary/aromatic N) is 3. The quantitative estimate of drug-likeness (QED) is 0.680. The SMILES string of the molecule is CCOC(=O)c1cc2c(=O)n(C)ccn2n1. The molecule has 0 aliphatic heterocycles. The van der Waals surface area contributed by atoms with Crippen molar-refractivity contribution in [2.45, 2.75) is 6.92 Å². The van der Waals surface area contributed by atoms with E-state index in [1.54, 1.807) is 26.4 Å². The maximum absolute atomic E-state index is 11.7. The Bertz CT molecular complexity index is 597. The van der Waals surface area contributed by atoms with E-state index in [1.807, 2.05) is 0 Å². The molecule has 0 spiro atoms. The molecule has 0 atom stereocenters. The molecule has 6 heteroatoms. The summed E-state index contributed by atoms with van der Waals surface area (Å²) in [5.74, 6) is -0.520. The van der Waals surface area contributed by atoms with Gasteiger partial charge in [-0.1, -0.05) is 0 Å². The first-order valence-electron chi connectivity index (χ1n) is 4.85. The van der Waals surface area contributed by atoms with Crippen molar-refractivity contribution >= 4 is 11.5 Å². The van der Waals surface area contributed by atoms with Crippen LogP contribution in [0.2, 0.25) is 0 Å². The molecule has 0 saturated carbocycles. The number of ether oxygens (including phenoxy) is 1. The predicted octanol–water partition coefficient (Wildman–Crippen LogP) is 0.210. The van der Waals surface area contributed by atoms with Crippen LogP contribution in [0.25, 0.3) is 5.52 Å². The molecule has 0 aliphatic rings. The van der Waals surface area contributed by atoms with Crippen LogP contribution >= 0.6 is 0 Å². The highest BCUT2D eigenvalue weighted by Crippen LogP contribution is 2.03. The molecule has 2 aromatic rings. The van der Waals surface area contributed by atoms with Gasteiger partial charge in [-0.25, -0.2) is 9.31 Å². The number of aryl methyl sites for hydroxylation is 1. The van der Waals surface area contributed by atoms with E-state index in [9.17, 15) is 9.59 Å². The van der Waals surface area contributed by atoms with E-state index in [2.05, 4.69) is 5.10 Å². The molecule has 0 aromatic carbocycles. The molecule has 0 amide bonds. The molecule has 0 radical (unpaired) electrons. The highest BCUT2D eigenvalue weighted by Gasteiger charge is 2.13. The summed E-state index contributed by atoms with van der Waals surface area (Å²) in [7, 11) is 1.64. The molecule has 0 aliphatic carbocycles. The van der Waals surface area contributed by atoms with Crippen molar-refractivity contribution in [1.82, 2.24) is 14.2 Å². The van der Waals surface area contributed by atoms with E-state index >= 15 is 0 Å². The lowest BCUT2D eigenvalue weighted by Crippen LogP contribution is -2.17. The smallest absolute Gasteiger partial charge is 0.358 e. The third-order valence-corrected chi connectivity index (χ3v) is 2.19. The summed E-state index contributed by atoms with van der Waals surface area (Å²) < 4.78 is 7.60. The van der Waals surface area contributed by atoms with Crippen LogP contribution in [-0.4, -0.2) is 26.8 Å². The van der Waals surface area contributed by atoms with Gasteiger partial charge in [0.1, 0.15) is 5.52 Å². The minimum Gasteiger partial charge on any atom is -0.461 e. The lowest BCUT2D eigenvalue weighted by molar-refractivity contribution is 0.0519. The monoisotopic (exact) mass is 221 g/mol. The zero-order valence-corrected chi connectivity index (χ0v) is 9.01. The zero-order valence-electron chi connectivity index (χ0n) is 9.01. The average molecular weight is 221 g/mol. The molecule has 0 N–H and O–H groups in total. The van der Waals surface area contributed by atoms with Crippen LogP contribution in [0, 0.1) is 0 Å². The molecule has 16 heavy (non-hydrogen) atoms. The van der Waals surface area contributed by atoms with Crippen LogP contribution in [0.5, 0.6) is 0 Å². The van der Waals surface area contributed by atoms with Gasteiger partial charge in [0.25, 0.3) is 5.56 Å². The Balaban J connectivity index is 2.56. The number of carbonyl (C=O) groups is 1. The molecule has 6 nitrogen and oxygen atoms in total. The molecule has 2 heterocycles. The van der Waals surface area contributed by atoms with Gasteiger partial charge < -0.3 is 9.30 Å². The van der Waals surface area contributed by atoms with Gasteiger partial charge in [0.05, 0.1) is 6.61 Å². The normalized spacial score (nSPS) is 10.6. The van der Waals surface area contributed by atoms with Crippen molar-refractivity contribution in [2.75, 3.05) is 6.61 Å². The van der Waals surface area contributed by atoms with Crippen LogP contribution in [0.4, 0.5) is 0 Å². The lowest BCUT2D eigenvalue weighted by Gasteiger charge is -1.96. The molecule has 2 aromatic heterocycles. The van der Waals surface area contributed by atoms with E-state index in [4.69, 9.17) is 4.74 Å². The van der Waals surface area contributed by atoms with Gasteiger partial charge in [-0.05, 0) is 6.92 Å². The first-order valence-corrected chi connectivity index (χ1v) is 4.85. The molecule has 0 bridgehead atoms. The van der Waals surface area contributed by atoms with E-state index in [0.29, 0.717) is 5.52 Å². The lowest BCUT2D eigenvalue weighted by atomic mass is 10.4. The van der Waals surface area contributed by atoms with Crippen LogP contribution < -0.4 is 5.56 Å². The summed E-state index contributed by atoms with van der Waals surface area (Å²) in [5, 5.41) is 3.96. The van der Waals surface area contributed by atoms with Crippen LogP contribution in [0.1, 0.15) is 17.4 Å². The number of esters is 1. The second-order valence-corrected chi connectivity index (χ2v) is 3.29. The van der Waals surface area contributed by atoms with Crippen molar-refractivity contribution < 1.29 is 9.53 Å². The van der Waals surface area contributed by atoms with E-state index < -0.39 is 5.97 Å². The van der Waals surface area contributed by atoms with Crippen LogP contribution in [0.15, 0.2) is 23.3 Å². The summed E-state index contributed by atoms with van der Waals surface area (Å²) in [6.07, 6.45) is 3.19. The molecule has 2 rings (SSSR count). The molecule has 84 valence electrons. The Morgan fingerprint density at radius 2 is 2.25 bits per heavy atom. The first kappa shape index (κ1) is 10.4. The maximum atomic E-state index is 11.7. The molecule has 0 unspecified atom stereocenters. The fraction of sp³-hybridized carbons (Fsp3) is 0.300. The van der Waals surface area contributed by atoms with Gasteiger partial charge in [-0.2, -0.15) is 5.10 Å². The number of hydrogen-bond acceptors (Lipinski definition) is 4. The Kier molecular flexibility index (Phi) is 2.47. The topological polar surface area (TPSA) is 65.6 Å². The Morgan fingerprint density at radius 1 is 1.50 bits per heavy atom. The Labute approximate surface area is 91.1 Å². The third kappa shape index (κ3) is 1.58. The standard InChI is InChI=1S/C10H11N3O3/c1-3-16-10(15)7-6-8-9(14)12(2)4-5-13(8)11-7/h4-6H,3H2,1-2H3. The van der Waals surface area contributed by atoms with Crippen molar-refractivity contribution in [2.24, 2.45) is 7.05 Å². The van der Waals surface area contributed by atoms with Gasteiger partial charge in [0, 0.05) is 25.5 Å². The van der Waals surface area contributed by atoms with E-state index in [-0.39, 0.29) is 17.9 Å². The third-order valence-electron chi connectivity index (χ3n) is 2.19. The van der Waals surface area contributed by atoms with Crippen molar-refractivity contribution in [1.29, 1.82) is 0 Å². The van der Waals surface area contributed by atoms with Crippen LogP contribution in [-0.2, 0) is 11.8 Å². The van der Waals surface area contributed by atoms with E-state index in [0.717, 1.165) is 0 Å². The predicted molar refractivity (Wildman–Crippen MR) is 56.4 cm³/mol. The summed E-state index contributed by atoms with van der Waals surface area (Å²) in [5.41, 5.74) is 0.295. The summed E-state index contributed by atoms with van der Waals surface area (Å²) in [4.78, 5) is 23.1. The summed E-state index contributed by atoms with van der Waals surface area (Å²) in [6.45, 7) is 2.00. The number of aromatic nitrogens is 3. The van der Waals surface area contributed by atoms with Gasteiger partial charge in [0.15, 0.2) is 5.69 Å². The molecule has 0 saturated heterocycles. The van der Waals surface area contributed by atoms with Gasteiger partial charge in [0.2, 0.25) is 0 Å². The minimum absolute atomic E-state index is 0.144. The molecular formula is C10H11N3O3. The van der Waals surface area contributed by atoms with Gasteiger partial charge >= 0.3 is 5.97 Å². The summed E-state index contributed by atoms with van der Waals surface area (Å²) >= 11 is 0. The fourth-order valence-corrected chi connectivity index (χ4v) is 1.38. The number of carbonyl (C=O) groups excluding carboxylic acids is 1. The summed E-state index contributed by atoms with van der Waals surface area (Å²) in [6, 6.07) is 1.43. The second kappa shape index (κ2) is 3.80. The molecule has 0 fully saturated rings. The average Bonchev–Trinajstić information content (AvgIpc) is 2.69. The van der Waals surface area contributed by atoms with Crippen molar-refractivity contribution in [3.63, 3.8) is 0 Å². The largest absolute Gasteiger partial charge is 0.461 e. The Hall–Kier alpha value is -2.11. The van der Waals surface area contributed by atoms with Gasteiger partial charge in [-0.15, -0.1) is 0 Å². The Morgan fingerprint density at radius 3 is 2.94 bits per heavy atom. The first-order chi connectivity index (χ1) is 7.63. The van der Waals surface area contributed by atoms with Crippen molar-refractivity contribution in [3.05, 3.63) is 34.5 Å². The number of hydrogen-bond donors (Lipinski definition) is 0. The fourth-order valence-electron chi connectivity index (χ4n) is 1.38. The second-order valence-electron chi connectivity index (χ2n) is 3.29. The zero-order chi connectivity index (χ0) is 11.7. The van der Waals surface area contributed by atoms with Crippen LogP contribution in [0.3, 0.4) is 0 Å². The minimum atomic E-state index is -0.520. The van der Waals surface area contributed by atoms with E-state index in [1.165, 1.54) is 15.1 Å². The highest BCUT2D eigenvalue weighted by atomic mass is 16.5.